The second-order valence-corrected chi connectivity index (χ2v) is 6.93. The molecular formula is C17H24N3OS+. The monoisotopic (exact) mass is 318 g/mol. The van der Waals surface area contributed by atoms with Gasteiger partial charge in [-0.1, -0.05) is 23.9 Å². The SMILES string of the molecule is CCn1c(SCC[NH+]2CCCCC2)nc2ccccc2c1=O. The molecule has 0 spiro atoms. The van der Waals surface area contributed by atoms with Crippen molar-refractivity contribution in [2.24, 2.45) is 0 Å². The fourth-order valence-electron chi connectivity index (χ4n) is 3.13. The molecular weight excluding hydrogens is 294 g/mol. The van der Waals surface area contributed by atoms with Crippen LogP contribution in [0.5, 0.6) is 0 Å². The van der Waals surface area contributed by atoms with Crippen LogP contribution in [0.1, 0.15) is 26.2 Å². The Morgan fingerprint density at radius 3 is 2.77 bits per heavy atom. The molecule has 2 heterocycles. The lowest BCUT2D eigenvalue weighted by atomic mass is 10.1. The van der Waals surface area contributed by atoms with Crippen LogP contribution in [-0.2, 0) is 6.54 Å². The highest BCUT2D eigenvalue weighted by Gasteiger charge is 2.14. The third kappa shape index (κ3) is 3.36. The molecule has 0 amide bonds. The Morgan fingerprint density at radius 1 is 1.23 bits per heavy atom. The van der Waals surface area contributed by atoms with Gasteiger partial charge in [0.15, 0.2) is 5.16 Å². The topological polar surface area (TPSA) is 39.3 Å². The summed E-state index contributed by atoms with van der Waals surface area (Å²) in [6.07, 6.45) is 4.10. The average molecular weight is 318 g/mol. The third-order valence-corrected chi connectivity index (χ3v) is 5.37. The lowest BCUT2D eigenvalue weighted by Gasteiger charge is -2.23. The lowest BCUT2D eigenvalue weighted by Crippen LogP contribution is -3.13. The number of thioether (sulfide) groups is 1. The molecule has 0 atom stereocenters. The Hall–Kier alpha value is -1.33. The number of hydrogen-bond acceptors (Lipinski definition) is 3. The van der Waals surface area contributed by atoms with Crippen molar-refractivity contribution in [2.75, 3.05) is 25.4 Å². The summed E-state index contributed by atoms with van der Waals surface area (Å²) in [7, 11) is 0. The minimum atomic E-state index is 0.0842. The molecule has 3 rings (SSSR count). The van der Waals surface area contributed by atoms with E-state index in [1.54, 1.807) is 21.2 Å². The van der Waals surface area contributed by atoms with E-state index >= 15 is 0 Å². The molecule has 1 aliphatic rings. The summed E-state index contributed by atoms with van der Waals surface area (Å²) in [6.45, 7) is 6.45. The van der Waals surface area contributed by atoms with Crippen LogP contribution in [0.15, 0.2) is 34.2 Å². The van der Waals surface area contributed by atoms with Gasteiger partial charge in [-0.25, -0.2) is 4.98 Å². The molecule has 0 bridgehead atoms. The summed E-state index contributed by atoms with van der Waals surface area (Å²) in [5.74, 6) is 1.03. The van der Waals surface area contributed by atoms with Gasteiger partial charge in [0.1, 0.15) is 0 Å². The number of nitrogens with zero attached hydrogens (tertiary/aromatic N) is 2. The van der Waals surface area contributed by atoms with Crippen LogP contribution in [0, 0.1) is 0 Å². The second kappa shape index (κ2) is 7.29. The Labute approximate surface area is 135 Å². The first-order valence-electron chi connectivity index (χ1n) is 8.25. The number of hydrogen-bond donors (Lipinski definition) is 1. The predicted molar refractivity (Wildman–Crippen MR) is 91.8 cm³/mol. The van der Waals surface area contributed by atoms with Gasteiger partial charge in [0.2, 0.25) is 0 Å². The predicted octanol–water partition coefficient (Wildman–Crippen LogP) is 1.58. The van der Waals surface area contributed by atoms with Gasteiger partial charge in [0.25, 0.3) is 5.56 Å². The Balaban J connectivity index is 1.76. The molecule has 1 aliphatic heterocycles. The first kappa shape index (κ1) is 15.6. The Kier molecular flexibility index (Phi) is 5.16. The highest BCUT2D eigenvalue weighted by Crippen LogP contribution is 2.17. The van der Waals surface area contributed by atoms with Crippen molar-refractivity contribution in [1.29, 1.82) is 0 Å². The fraction of sp³-hybridized carbons (Fsp3) is 0.529. The van der Waals surface area contributed by atoms with Gasteiger partial charge in [-0.3, -0.25) is 9.36 Å². The van der Waals surface area contributed by atoms with E-state index in [4.69, 9.17) is 4.98 Å². The van der Waals surface area contributed by atoms with E-state index in [2.05, 4.69) is 0 Å². The summed E-state index contributed by atoms with van der Waals surface area (Å²) in [5.41, 5.74) is 0.894. The maximum atomic E-state index is 12.5. The molecule has 1 saturated heterocycles. The summed E-state index contributed by atoms with van der Waals surface area (Å²) >= 11 is 1.73. The summed E-state index contributed by atoms with van der Waals surface area (Å²) < 4.78 is 1.80. The van der Waals surface area contributed by atoms with E-state index in [-0.39, 0.29) is 5.56 Å². The zero-order chi connectivity index (χ0) is 15.4. The van der Waals surface area contributed by atoms with Crippen molar-refractivity contribution < 1.29 is 4.90 Å². The van der Waals surface area contributed by atoms with E-state index in [0.717, 1.165) is 28.4 Å². The third-order valence-electron chi connectivity index (χ3n) is 4.39. The Morgan fingerprint density at radius 2 is 2.00 bits per heavy atom. The van der Waals surface area contributed by atoms with Crippen molar-refractivity contribution in [3.05, 3.63) is 34.6 Å². The van der Waals surface area contributed by atoms with Crippen molar-refractivity contribution in [2.45, 2.75) is 37.9 Å². The van der Waals surface area contributed by atoms with E-state index in [9.17, 15) is 4.79 Å². The summed E-state index contributed by atoms with van der Waals surface area (Å²) in [6, 6.07) is 7.63. The van der Waals surface area contributed by atoms with Crippen molar-refractivity contribution in [3.63, 3.8) is 0 Å². The quantitative estimate of drug-likeness (QED) is 0.672. The van der Waals surface area contributed by atoms with Gasteiger partial charge in [-0.15, -0.1) is 0 Å². The van der Waals surface area contributed by atoms with Crippen LogP contribution in [0.3, 0.4) is 0 Å². The van der Waals surface area contributed by atoms with Crippen LogP contribution < -0.4 is 10.5 Å². The molecule has 4 nitrogen and oxygen atoms in total. The van der Waals surface area contributed by atoms with Gasteiger partial charge in [-0.05, 0) is 38.3 Å². The average Bonchev–Trinajstić information content (AvgIpc) is 2.56. The molecule has 1 N–H and O–H groups in total. The van der Waals surface area contributed by atoms with Crippen LogP contribution in [0.2, 0.25) is 0 Å². The normalized spacial score (nSPS) is 16.2. The molecule has 0 unspecified atom stereocenters. The molecule has 22 heavy (non-hydrogen) atoms. The molecule has 1 aromatic heterocycles. The van der Waals surface area contributed by atoms with Crippen LogP contribution in [0.4, 0.5) is 0 Å². The van der Waals surface area contributed by atoms with Gasteiger partial charge in [-0.2, -0.15) is 0 Å². The molecule has 1 fully saturated rings. The molecule has 118 valence electrons. The van der Waals surface area contributed by atoms with Gasteiger partial charge >= 0.3 is 0 Å². The minimum Gasteiger partial charge on any atom is -0.334 e. The Bertz CT molecular complexity index is 692. The van der Waals surface area contributed by atoms with Crippen molar-refractivity contribution in [1.82, 2.24) is 9.55 Å². The molecule has 1 aromatic carbocycles. The maximum absolute atomic E-state index is 12.5. The molecule has 5 heteroatoms. The molecule has 0 aliphatic carbocycles. The lowest BCUT2D eigenvalue weighted by molar-refractivity contribution is -0.902. The van der Waals surface area contributed by atoms with Crippen LogP contribution >= 0.6 is 11.8 Å². The number of benzene rings is 1. The van der Waals surface area contributed by atoms with Crippen LogP contribution in [0.25, 0.3) is 10.9 Å². The maximum Gasteiger partial charge on any atom is 0.262 e. The number of para-hydroxylation sites is 1. The summed E-state index contributed by atoms with van der Waals surface area (Å²) in [4.78, 5) is 19.0. The van der Waals surface area contributed by atoms with Gasteiger partial charge in [0.05, 0.1) is 36.3 Å². The highest BCUT2D eigenvalue weighted by atomic mass is 32.2. The first-order chi connectivity index (χ1) is 10.8. The molecule has 0 saturated carbocycles. The van der Waals surface area contributed by atoms with Crippen LogP contribution in [-0.4, -0.2) is 34.9 Å². The first-order valence-corrected chi connectivity index (χ1v) is 9.24. The number of rotatable bonds is 5. The number of piperidine rings is 1. The minimum absolute atomic E-state index is 0.0842. The van der Waals surface area contributed by atoms with E-state index in [1.165, 1.54) is 32.4 Å². The smallest absolute Gasteiger partial charge is 0.262 e. The zero-order valence-corrected chi connectivity index (χ0v) is 14.0. The van der Waals surface area contributed by atoms with E-state index in [1.807, 2.05) is 31.2 Å². The second-order valence-electron chi connectivity index (χ2n) is 5.87. The largest absolute Gasteiger partial charge is 0.334 e. The zero-order valence-electron chi connectivity index (χ0n) is 13.2. The molecule has 0 radical (unpaired) electrons. The highest BCUT2D eigenvalue weighted by molar-refractivity contribution is 7.99. The van der Waals surface area contributed by atoms with Crippen molar-refractivity contribution >= 4 is 22.7 Å². The molecule has 2 aromatic rings. The van der Waals surface area contributed by atoms with Crippen molar-refractivity contribution in [3.8, 4) is 0 Å². The number of quaternary nitrogens is 1. The number of nitrogens with one attached hydrogen (secondary N) is 1. The standard InChI is InChI=1S/C17H23N3OS/c1-2-20-16(21)14-8-4-5-9-15(14)18-17(20)22-13-12-19-10-6-3-7-11-19/h4-5,8-9H,2-3,6-7,10-13H2,1H3/p+1. The van der Waals surface area contributed by atoms with E-state index in [0.29, 0.717) is 6.54 Å². The van der Waals surface area contributed by atoms with E-state index < -0.39 is 0 Å². The number of aromatic nitrogens is 2. The van der Waals surface area contributed by atoms with Gasteiger partial charge in [0, 0.05) is 6.54 Å². The van der Waals surface area contributed by atoms with Gasteiger partial charge < -0.3 is 4.90 Å². The number of fused-ring (bicyclic) bond motifs is 1. The fourth-order valence-corrected chi connectivity index (χ4v) is 4.23. The number of likely N-dealkylation sites (tertiary alicyclic amines) is 1. The summed E-state index contributed by atoms with van der Waals surface area (Å²) in [5, 5.41) is 1.58.